The molecule has 0 aromatic carbocycles. The van der Waals surface area contributed by atoms with Gasteiger partial charge in [0, 0.05) is 11.8 Å². The molecule has 17 heavy (non-hydrogen) atoms. The molecule has 1 amide bonds. The molecule has 0 radical (unpaired) electrons. The Labute approximate surface area is 115 Å². The van der Waals surface area contributed by atoms with Gasteiger partial charge in [-0.15, -0.1) is 0 Å². The van der Waals surface area contributed by atoms with Crippen molar-refractivity contribution in [1.82, 2.24) is 10.3 Å². The number of thioether (sulfide) groups is 1. The van der Waals surface area contributed by atoms with Crippen LogP contribution in [0.4, 0.5) is 0 Å². The van der Waals surface area contributed by atoms with Crippen LogP contribution in [-0.2, 0) is 0 Å². The maximum Gasteiger partial charge on any atom is 0.271 e. The Morgan fingerprint density at radius 3 is 2.88 bits per heavy atom. The second-order valence-electron chi connectivity index (χ2n) is 3.50. The van der Waals surface area contributed by atoms with Crippen LogP contribution < -0.4 is 5.32 Å². The van der Waals surface area contributed by atoms with E-state index in [-0.39, 0.29) is 22.8 Å². The summed E-state index contributed by atoms with van der Waals surface area (Å²) in [6.07, 6.45) is 0. The van der Waals surface area contributed by atoms with E-state index in [1.807, 2.05) is 6.92 Å². The number of hydrogen-bond donors (Lipinski definition) is 1. The summed E-state index contributed by atoms with van der Waals surface area (Å²) in [5.41, 5.74) is 0.174. The molecule has 0 fully saturated rings. The Morgan fingerprint density at radius 2 is 2.24 bits per heavy atom. The molecule has 1 heterocycles. The quantitative estimate of drug-likeness (QED) is 0.847. The number of carbonyl (C=O) groups excluding carboxylic acids is 1. The third-order valence-electron chi connectivity index (χ3n) is 1.98. The zero-order chi connectivity index (χ0) is 12.8. The molecule has 0 saturated heterocycles. The second-order valence-corrected chi connectivity index (χ2v) is 5.61. The van der Waals surface area contributed by atoms with Crippen molar-refractivity contribution < 1.29 is 4.79 Å². The van der Waals surface area contributed by atoms with E-state index in [2.05, 4.69) is 17.2 Å². The minimum Gasteiger partial charge on any atom is -0.347 e. The normalized spacial score (nSPS) is 12.2. The predicted molar refractivity (Wildman–Crippen MR) is 74.2 cm³/mol. The average molecular weight is 293 g/mol. The minimum absolute atomic E-state index is 0.0734. The third kappa shape index (κ3) is 4.74. The summed E-state index contributed by atoms with van der Waals surface area (Å²) >= 11 is 13.4. The summed E-state index contributed by atoms with van der Waals surface area (Å²) in [6, 6.07) is 3.19. The summed E-state index contributed by atoms with van der Waals surface area (Å²) in [4.78, 5) is 15.8. The molecule has 1 N–H and O–H groups in total. The lowest BCUT2D eigenvalue weighted by atomic mass is 10.3. The van der Waals surface area contributed by atoms with Gasteiger partial charge in [0.25, 0.3) is 5.91 Å². The maximum atomic E-state index is 11.9. The Kier molecular flexibility index (Phi) is 6.09. The summed E-state index contributed by atoms with van der Waals surface area (Å²) in [7, 11) is 0. The van der Waals surface area contributed by atoms with Gasteiger partial charge in [-0.25, -0.2) is 4.98 Å². The van der Waals surface area contributed by atoms with Crippen molar-refractivity contribution in [2.75, 3.05) is 11.5 Å². The van der Waals surface area contributed by atoms with E-state index in [1.165, 1.54) is 0 Å². The van der Waals surface area contributed by atoms with Crippen molar-refractivity contribution in [2.45, 2.75) is 19.9 Å². The SMILES string of the molecule is CCSCC(C)NC(=O)c1nc(Cl)ccc1Cl. The number of rotatable bonds is 5. The highest BCUT2D eigenvalue weighted by molar-refractivity contribution is 7.99. The van der Waals surface area contributed by atoms with E-state index in [4.69, 9.17) is 23.2 Å². The Balaban J connectivity index is 2.66. The van der Waals surface area contributed by atoms with Gasteiger partial charge in [-0.1, -0.05) is 30.1 Å². The second kappa shape index (κ2) is 7.09. The van der Waals surface area contributed by atoms with Crippen LogP contribution in [0, 0.1) is 0 Å². The fourth-order valence-corrected chi connectivity index (χ4v) is 2.22. The van der Waals surface area contributed by atoms with Gasteiger partial charge >= 0.3 is 0 Å². The largest absolute Gasteiger partial charge is 0.347 e. The number of aromatic nitrogens is 1. The molecule has 6 heteroatoms. The number of pyridine rings is 1. The molecule has 1 rings (SSSR count). The lowest BCUT2D eigenvalue weighted by Crippen LogP contribution is -2.35. The van der Waals surface area contributed by atoms with Crippen molar-refractivity contribution in [3.63, 3.8) is 0 Å². The average Bonchev–Trinajstić information content (AvgIpc) is 2.29. The summed E-state index contributed by atoms with van der Waals surface area (Å²) in [6.45, 7) is 4.02. The van der Waals surface area contributed by atoms with Crippen LogP contribution in [0.1, 0.15) is 24.3 Å². The van der Waals surface area contributed by atoms with Crippen molar-refractivity contribution in [3.8, 4) is 0 Å². The molecular weight excluding hydrogens is 279 g/mol. The minimum atomic E-state index is -0.290. The van der Waals surface area contributed by atoms with Gasteiger partial charge in [-0.3, -0.25) is 4.79 Å². The number of carbonyl (C=O) groups is 1. The van der Waals surface area contributed by atoms with Gasteiger partial charge in [0.05, 0.1) is 5.02 Å². The molecule has 0 bridgehead atoms. The van der Waals surface area contributed by atoms with E-state index in [1.54, 1.807) is 23.9 Å². The summed E-state index contributed by atoms with van der Waals surface area (Å²) in [5.74, 6) is 1.60. The van der Waals surface area contributed by atoms with Gasteiger partial charge in [0.15, 0.2) is 0 Å². The molecule has 1 atom stereocenters. The number of hydrogen-bond acceptors (Lipinski definition) is 3. The van der Waals surface area contributed by atoms with Gasteiger partial charge in [-0.05, 0) is 24.8 Å². The Bertz CT molecular complexity index is 401. The molecule has 1 aromatic heterocycles. The zero-order valence-corrected chi connectivity index (χ0v) is 12.0. The predicted octanol–water partition coefficient (Wildman–Crippen LogP) is 3.26. The van der Waals surface area contributed by atoms with Gasteiger partial charge in [0.2, 0.25) is 0 Å². The molecule has 0 aliphatic carbocycles. The molecule has 0 spiro atoms. The van der Waals surface area contributed by atoms with Crippen LogP contribution >= 0.6 is 35.0 Å². The van der Waals surface area contributed by atoms with Crippen LogP contribution in [0.15, 0.2) is 12.1 Å². The maximum absolute atomic E-state index is 11.9. The summed E-state index contributed by atoms with van der Waals surface area (Å²) in [5, 5.41) is 3.40. The fraction of sp³-hybridized carbons (Fsp3) is 0.455. The monoisotopic (exact) mass is 292 g/mol. The first kappa shape index (κ1) is 14.6. The van der Waals surface area contributed by atoms with Crippen molar-refractivity contribution in [1.29, 1.82) is 0 Å². The molecular formula is C11H14Cl2N2OS. The molecule has 1 unspecified atom stereocenters. The van der Waals surface area contributed by atoms with E-state index in [9.17, 15) is 4.79 Å². The van der Waals surface area contributed by atoms with E-state index in [0.717, 1.165) is 11.5 Å². The highest BCUT2D eigenvalue weighted by atomic mass is 35.5. The lowest BCUT2D eigenvalue weighted by Gasteiger charge is -2.13. The van der Waals surface area contributed by atoms with Crippen LogP contribution in [0.2, 0.25) is 10.2 Å². The van der Waals surface area contributed by atoms with Crippen LogP contribution in [0.5, 0.6) is 0 Å². The summed E-state index contributed by atoms with van der Waals surface area (Å²) < 4.78 is 0. The van der Waals surface area contributed by atoms with E-state index in [0.29, 0.717) is 5.02 Å². The highest BCUT2D eigenvalue weighted by Gasteiger charge is 2.15. The number of halogens is 2. The van der Waals surface area contributed by atoms with Gasteiger partial charge in [-0.2, -0.15) is 11.8 Å². The first-order valence-corrected chi connectivity index (χ1v) is 7.16. The number of nitrogens with zero attached hydrogens (tertiary/aromatic N) is 1. The molecule has 3 nitrogen and oxygen atoms in total. The van der Waals surface area contributed by atoms with Crippen molar-refractivity contribution in [3.05, 3.63) is 28.0 Å². The van der Waals surface area contributed by atoms with Crippen LogP contribution in [0.3, 0.4) is 0 Å². The zero-order valence-electron chi connectivity index (χ0n) is 9.67. The molecule has 0 aliphatic heterocycles. The first-order valence-electron chi connectivity index (χ1n) is 5.25. The first-order chi connectivity index (χ1) is 8.04. The fourth-order valence-electron chi connectivity index (χ4n) is 1.21. The number of nitrogens with one attached hydrogen (secondary N) is 1. The standard InChI is InChI=1S/C11H14Cl2N2OS/c1-3-17-6-7(2)14-11(16)10-8(12)4-5-9(13)15-10/h4-5,7H,3,6H2,1-2H3,(H,14,16). The molecule has 1 aromatic rings. The van der Waals surface area contributed by atoms with E-state index >= 15 is 0 Å². The highest BCUT2D eigenvalue weighted by Crippen LogP contribution is 2.16. The van der Waals surface area contributed by atoms with Crippen molar-refractivity contribution in [2.24, 2.45) is 0 Å². The smallest absolute Gasteiger partial charge is 0.271 e. The topological polar surface area (TPSA) is 42.0 Å². The Hall–Kier alpha value is -0.450. The molecule has 94 valence electrons. The van der Waals surface area contributed by atoms with Crippen LogP contribution in [-0.4, -0.2) is 28.4 Å². The molecule has 0 saturated carbocycles. The lowest BCUT2D eigenvalue weighted by molar-refractivity contribution is 0.0939. The van der Waals surface area contributed by atoms with Crippen LogP contribution in [0.25, 0.3) is 0 Å². The Morgan fingerprint density at radius 1 is 1.53 bits per heavy atom. The van der Waals surface area contributed by atoms with E-state index < -0.39 is 0 Å². The van der Waals surface area contributed by atoms with Gasteiger partial charge < -0.3 is 5.32 Å². The van der Waals surface area contributed by atoms with Gasteiger partial charge in [0.1, 0.15) is 10.8 Å². The molecule has 0 aliphatic rings. The number of amides is 1. The third-order valence-corrected chi connectivity index (χ3v) is 3.64. The van der Waals surface area contributed by atoms with Crippen molar-refractivity contribution >= 4 is 40.9 Å².